The molecule has 1 fully saturated rings. The first-order valence-electron chi connectivity index (χ1n) is 11.1. The summed E-state index contributed by atoms with van der Waals surface area (Å²) in [6, 6.07) is 13.1. The molecule has 0 aromatic heterocycles. The average molecular weight is 474 g/mol. The zero-order valence-corrected chi connectivity index (χ0v) is 19.9. The number of sulfonamides is 1. The first-order valence-corrected chi connectivity index (χ1v) is 12.5. The lowest BCUT2D eigenvalue weighted by Crippen LogP contribution is -2.43. The number of nitrogens with zero attached hydrogens (tertiary/aromatic N) is 1. The third kappa shape index (κ3) is 6.55. The largest absolute Gasteiger partial charge is 0.385 e. The van der Waals surface area contributed by atoms with E-state index in [0.717, 1.165) is 12.0 Å². The van der Waals surface area contributed by atoms with Crippen molar-refractivity contribution in [2.24, 2.45) is 5.92 Å². The van der Waals surface area contributed by atoms with E-state index in [-0.39, 0.29) is 22.6 Å². The van der Waals surface area contributed by atoms with E-state index in [4.69, 9.17) is 4.74 Å². The van der Waals surface area contributed by atoms with Gasteiger partial charge < -0.3 is 15.0 Å². The Kier molecular flexibility index (Phi) is 8.46. The number of carbonyl (C=O) groups excluding carboxylic acids is 2. The lowest BCUT2D eigenvalue weighted by Gasteiger charge is -2.31. The molecule has 33 heavy (non-hydrogen) atoms. The maximum atomic E-state index is 12.9. The second kappa shape index (κ2) is 11.3. The molecule has 0 bridgehead atoms. The van der Waals surface area contributed by atoms with Crippen LogP contribution in [0.1, 0.15) is 35.2 Å². The van der Waals surface area contributed by atoms with Crippen LogP contribution in [0, 0.1) is 12.8 Å². The maximum absolute atomic E-state index is 12.9. The van der Waals surface area contributed by atoms with Crippen LogP contribution in [0.2, 0.25) is 0 Å². The van der Waals surface area contributed by atoms with Gasteiger partial charge in [0.15, 0.2) is 0 Å². The van der Waals surface area contributed by atoms with Gasteiger partial charge in [0.1, 0.15) is 0 Å². The Labute approximate surface area is 195 Å². The number of para-hydroxylation sites is 1. The number of hydrogen-bond acceptors (Lipinski definition) is 5. The number of nitrogens with one attached hydrogen (secondary N) is 2. The molecule has 2 aromatic carbocycles. The second-order valence-electron chi connectivity index (χ2n) is 8.15. The SMILES string of the molecule is COCCCNC(=O)C1CCN(C(=O)c2ccc(S(=O)(=O)Nc3ccccc3C)cc2)CC1. The van der Waals surface area contributed by atoms with Crippen molar-refractivity contribution >= 4 is 27.5 Å². The number of piperidine rings is 1. The second-order valence-corrected chi connectivity index (χ2v) is 9.83. The van der Waals surface area contributed by atoms with E-state index in [0.29, 0.717) is 50.3 Å². The molecule has 0 atom stereocenters. The lowest BCUT2D eigenvalue weighted by molar-refractivity contribution is -0.126. The van der Waals surface area contributed by atoms with Gasteiger partial charge in [0.25, 0.3) is 15.9 Å². The standard InChI is InChI=1S/C24H31N3O5S/c1-18-6-3-4-7-22(18)26-33(30,31)21-10-8-20(9-11-21)24(29)27-15-12-19(13-16-27)23(28)25-14-5-17-32-2/h3-4,6-11,19,26H,5,12-17H2,1-2H3,(H,25,28). The van der Waals surface area contributed by atoms with Gasteiger partial charge in [-0.2, -0.15) is 0 Å². The first kappa shape index (κ1) is 24.7. The van der Waals surface area contributed by atoms with Crippen LogP contribution < -0.4 is 10.0 Å². The maximum Gasteiger partial charge on any atom is 0.261 e. The number of anilines is 1. The molecule has 0 unspecified atom stereocenters. The van der Waals surface area contributed by atoms with E-state index in [9.17, 15) is 18.0 Å². The zero-order chi connectivity index (χ0) is 23.8. The monoisotopic (exact) mass is 473 g/mol. The minimum atomic E-state index is -3.76. The molecule has 2 amide bonds. The van der Waals surface area contributed by atoms with Gasteiger partial charge in [-0.05, 0) is 62.1 Å². The van der Waals surface area contributed by atoms with Gasteiger partial charge in [-0.25, -0.2) is 8.42 Å². The molecule has 1 saturated heterocycles. The van der Waals surface area contributed by atoms with Crippen LogP contribution in [0.4, 0.5) is 5.69 Å². The summed E-state index contributed by atoms with van der Waals surface area (Å²) in [6.07, 6.45) is 1.98. The number of rotatable bonds is 9. The summed E-state index contributed by atoms with van der Waals surface area (Å²) in [6.45, 7) is 4.00. The van der Waals surface area contributed by atoms with Crippen molar-refractivity contribution in [1.82, 2.24) is 10.2 Å². The Morgan fingerprint density at radius 3 is 2.36 bits per heavy atom. The lowest BCUT2D eigenvalue weighted by atomic mass is 9.95. The summed E-state index contributed by atoms with van der Waals surface area (Å²) >= 11 is 0. The number of ether oxygens (including phenoxy) is 1. The Morgan fingerprint density at radius 1 is 1.06 bits per heavy atom. The molecular formula is C24H31N3O5S. The molecule has 0 aliphatic carbocycles. The number of methoxy groups -OCH3 is 1. The Bertz CT molecular complexity index is 1060. The highest BCUT2D eigenvalue weighted by atomic mass is 32.2. The molecule has 1 heterocycles. The van der Waals surface area contributed by atoms with E-state index in [2.05, 4.69) is 10.0 Å². The van der Waals surface area contributed by atoms with E-state index in [1.165, 1.54) is 24.3 Å². The Morgan fingerprint density at radius 2 is 1.73 bits per heavy atom. The van der Waals surface area contributed by atoms with Crippen LogP contribution in [0.5, 0.6) is 0 Å². The van der Waals surface area contributed by atoms with Crippen molar-refractivity contribution in [1.29, 1.82) is 0 Å². The van der Waals surface area contributed by atoms with Crippen molar-refractivity contribution in [2.45, 2.75) is 31.1 Å². The van der Waals surface area contributed by atoms with Gasteiger partial charge in [-0.15, -0.1) is 0 Å². The molecule has 8 nitrogen and oxygen atoms in total. The summed E-state index contributed by atoms with van der Waals surface area (Å²) < 4.78 is 33.0. The molecule has 0 radical (unpaired) electrons. The number of hydrogen-bond donors (Lipinski definition) is 2. The average Bonchev–Trinajstić information content (AvgIpc) is 2.83. The summed E-state index contributed by atoms with van der Waals surface area (Å²) in [4.78, 5) is 26.9. The fraction of sp³-hybridized carbons (Fsp3) is 0.417. The van der Waals surface area contributed by atoms with Gasteiger partial charge in [-0.1, -0.05) is 18.2 Å². The Hall–Kier alpha value is -2.91. The van der Waals surface area contributed by atoms with Crippen LogP contribution in [-0.2, 0) is 19.6 Å². The van der Waals surface area contributed by atoms with Crippen molar-refractivity contribution in [2.75, 3.05) is 38.1 Å². The van der Waals surface area contributed by atoms with Gasteiger partial charge in [0.2, 0.25) is 5.91 Å². The summed E-state index contributed by atoms with van der Waals surface area (Å²) in [5, 5.41) is 2.92. The molecule has 9 heteroatoms. The van der Waals surface area contributed by atoms with Crippen molar-refractivity contribution in [3.63, 3.8) is 0 Å². The molecule has 0 saturated carbocycles. The van der Waals surface area contributed by atoms with Crippen molar-refractivity contribution in [3.8, 4) is 0 Å². The van der Waals surface area contributed by atoms with Crippen LogP contribution >= 0.6 is 0 Å². The molecule has 3 rings (SSSR count). The third-order valence-corrected chi connectivity index (χ3v) is 7.16. The first-order chi connectivity index (χ1) is 15.8. The van der Waals surface area contributed by atoms with E-state index >= 15 is 0 Å². The number of benzene rings is 2. The van der Waals surface area contributed by atoms with Crippen LogP contribution in [-0.4, -0.2) is 58.5 Å². The van der Waals surface area contributed by atoms with Gasteiger partial charge in [0.05, 0.1) is 10.6 Å². The molecule has 178 valence electrons. The van der Waals surface area contributed by atoms with Crippen LogP contribution in [0.25, 0.3) is 0 Å². The van der Waals surface area contributed by atoms with Crippen molar-refractivity contribution in [3.05, 3.63) is 59.7 Å². The molecule has 2 N–H and O–H groups in total. The number of amides is 2. The minimum Gasteiger partial charge on any atom is -0.385 e. The summed E-state index contributed by atoms with van der Waals surface area (Å²) in [5.74, 6) is -0.240. The van der Waals surface area contributed by atoms with Gasteiger partial charge in [0, 0.05) is 44.8 Å². The fourth-order valence-electron chi connectivity index (χ4n) is 3.77. The smallest absolute Gasteiger partial charge is 0.261 e. The van der Waals surface area contributed by atoms with E-state index < -0.39 is 10.0 Å². The molecular weight excluding hydrogens is 442 g/mol. The van der Waals surface area contributed by atoms with E-state index in [1.807, 2.05) is 19.1 Å². The highest BCUT2D eigenvalue weighted by Gasteiger charge is 2.28. The van der Waals surface area contributed by atoms with Crippen LogP contribution in [0.3, 0.4) is 0 Å². The highest BCUT2D eigenvalue weighted by molar-refractivity contribution is 7.92. The topological polar surface area (TPSA) is 105 Å². The quantitative estimate of drug-likeness (QED) is 0.545. The van der Waals surface area contributed by atoms with Gasteiger partial charge >= 0.3 is 0 Å². The normalized spacial score (nSPS) is 14.7. The summed E-state index contributed by atoms with van der Waals surface area (Å²) in [5.41, 5.74) is 1.76. The molecule has 0 spiro atoms. The predicted molar refractivity (Wildman–Crippen MR) is 127 cm³/mol. The number of aryl methyl sites for hydroxylation is 1. The fourth-order valence-corrected chi connectivity index (χ4v) is 4.90. The highest BCUT2D eigenvalue weighted by Crippen LogP contribution is 2.22. The van der Waals surface area contributed by atoms with Crippen molar-refractivity contribution < 1.29 is 22.7 Å². The predicted octanol–water partition coefficient (Wildman–Crippen LogP) is 2.80. The molecule has 1 aliphatic heterocycles. The van der Waals surface area contributed by atoms with Gasteiger partial charge in [-0.3, -0.25) is 14.3 Å². The zero-order valence-electron chi connectivity index (χ0n) is 19.0. The number of carbonyl (C=O) groups is 2. The molecule has 1 aliphatic rings. The minimum absolute atomic E-state index is 0.0221. The molecule has 2 aromatic rings. The van der Waals surface area contributed by atoms with Crippen LogP contribution in [0.15, 0.2) is 53.4 Å². The Balaban J connectivity index is 1.55. The number of likely N-dealkylation sites (tertiary alicyclic amines) is 1. The summed E-state index contributed by atoms with van der Waals surface area (Å²) in [7, 11) is -2.13. The van der Waals surface area contributed by atoms with E-state index in [1.54, 1.807) is 24.1 Å². The third-order valence-electron chi connectivity index (χ3n) is 5.78.